The normalized spacial score (nSPS) is 25.7. The van der Waals surface area contributed by atoms with Gasteiger partial charge in [0.15, 0.2) is 0 Å². The van der Waals surface area contributed by atoms with Crippen LogP contribution in [0.2, 0.25) is 0 Å². The van der Waals surface area contributed by atoms with E-state index >= 15 is 0 Å². The van der Waals surface area contributed by atoms with Crippen molar-refractivity contribution in [1.29, 1.82) is 5.41 Å². The highest BCUT2D eigenvalue weighted by atomic mass is 16.5. The van der Waals surface area contributed by atoms with E-state index in [-0.39, 0.29) is 18.6 Å². The Kier molecular flexibility index (Phi) is 6.74. The first-order valence-corrected chi connectivity index (χ1v) is 11.0. The summed E-state index contributed by atoms with van der Waals surface area (Å²) in [6.07, 6.45) is 5.42. The minimum absolute atomic E-state index is 0.146. The van der Waals surface area contributed by atoms with Crippen molar-refractivity contribution in [3.63, 3.8) is 0 Å². The summed E-state index contributed by atoms with van der Waals surface area (Å²) in [5.41, 5.74) is 0.181. The monoisotopic (exact) mass is 438 g/mol. The van der Waals surface area contributed by atoms with E-state index in [1.807, 2.05) is 6.07 Å². The van der Waals surface area contributed by atoms with Crippen molar-refractivity contribution in [2.45, 2.75) is 44.2 Å². The van der Waals surface area contributed by atoms with Crippen LogP contribution in [-0.2, 0) is 10.3 Å². The number of hydrogen-bond acceptors (Lipinski definition) is 8. The Bertz CT molecular complexity index is 989. The van der Waals surface area contributed by atoms with Gasteiger partial charge in [-0.1, -0.05) is 11.8 Å². The van der Waals surface area contributed by atoms with Gasteiger partial charge in [0.25, 0.3) is 0 Å². The Balaban J connectivity index is 1.74. The summed E-state index contributed by atoms with van der Waals surface area (Å²) in [5, 5.41) is 38.9. The predicted octanol–water partition coefficient (Wildman–Crippen LogP) is 2.14. The number of ether oxygens (including phenoxy) is 1. The second-order valence-electron chi connectivity index (χ2n) is 8.43. The zero-order chi connectivity index (χ0) is 22.6. The molecular formula is C23H30N6O3. The summed E-state index contributed by atoms with van der Waals surface area (Å²) in [7, 11) is 0. The van der Waals surface area contributed by atoms with Crippen molar-refractivity contribution in [1.82, 2.24) is 15.2 Å². The van der Waals surface area contributed by atoms with Crippen molar-refractivity contribution in [2.24, 2.45) is 5.92 Å². The number of aliphatic hydroxyl groups is 2. The zero-order valence-electron chi connectivity index (χ0n) is 18.3. The molecule has 0 bridgehead atoms. The first-order valence-electron chi connectivity index (χ1n) is 11.0. The molecule has 1 atom stereocenters. The van der Waals surface area contributed by atoms with Crippen LogP contribution in [0.15, 0.2) is 18.3 Å². The molecule has 5 N–H and O–H groups in total. The van der Waals surface area contributed by atoms with Crippen LogP contribution >= 0.6 is 0 Å². The third-order valence-corrected chi connectivity index (χ3v) is 6.30. The Labute approximate surface area is 187 Å². The molecule has 0 unspecified atom stereocenters. The fraction of sp³-hybridized carbons (Fsp3) is 0.522. The highest BCUT2D eigenvalue weighted by Gasteiger charge is 2.38. The molecule has 9 heteroatoms. The van der Waals surface area contributed by atoms with E-state index in [0.717, 1.165) is 18.7 Å². The quantitative estimate of drug-likeness (QED) is 0.357. The van der Waals surface area contributed by atoms with Crippen LogP contribution in [0.4, 0.5) is 17.5 Å². The van der Waals surface area contributed by atoms with Crippen LogP contribution in [-0.4, -0.2) is 64.0 Å². The molecule has 2 aromatic heterocycles. The molecule has 0 amide bonds. The largest absolute Gasteiger partial charge is 0.385 e. The van der Waals surface area contributed by atoms with Crippen molar-refractivity contribution in [2.75, 3.05) is 36.6 Å². The van der Waals surface area contributed by atoms with Gasteiger partial charge in [0.05, 0.1) is 31.1 Å². The van der Waals surface area contributed by atoms with E-state index in [1.54, 1.807) is 12.3 Å². The molecule has 9 nitrogen and oxygen atoms in total. The Hall–Kier alpha value is -2.93. The molecule has 0 radical (unpaired) electrons. The molecule has 1 saturated carbocycles. The van der Waals surface area contributed by atoms with Crippen LogP contribution in [0.5, 0.6) is 0 Å². The zero-order valence-corrected chi connectivity index (χ0v) is 18.3. The van der Waals surface area contributed by atoms with Gasteiger partial charge in [0.1, 0.15) is 24.1 Å². The molecule has 1 saturated heterocycles. The summed E-state index contributed by atoms with van der Waals surface area (Å²) < 4.78 is 5.59. The highest BCUT2D eigenvalue weighted by molar-refractivity contribution is 5.89. The molecule has 0 aromatic carbocycles. The molecule has 0 spiro atoms. The van der Waals surface area contributed by atoms with Gasteiger partial charge in [-0.3, -0.25) is 5.10 Å². The number of rotatable bonds is 5. The third-order valence-electron chi connectivity index (χ3n) is 6.30. The smallest absolute Gasteiger partial charge is 0.143 e. The molecule has 32 heavy (non-hydrogen) atoms. The Morgan fingerprint density at radius 1 is 1.44 bits per heavy atom. The summed E-state index contributed by atoms with van der Waals surface area (Å²) in [6.45, 7) is 3.88. The summed E-state index contributed by atoms with van der Waals surface area (Å²) in [6, 6.07) is 3.87. The number of aliphatic hydroxyl groups excluding tert-OH is 1. The van der Waals surface area contributed by atoms with Crippen LogP contribution in [0, 0.1) is 23.2 Å². The molecule has 4 rings (SSSR count). The van der Waals surface area contributed by atoms with Crippen molar-refractivity contribution in [3.8, 4) is 11.8 Å². The molecule has 2 aliphatic rings. The number of nitrogens with one attached hydrogen (secondary N) is 3. The van der Waals surface area contributed by atoms with E-state index in [1.165, 1.54) is 6.21 Å². The van der Waals surface area contributed by atoms with Gasteiger partial charge in [-0.05, 0) is 44.2 Å². The van der Waals surface area contributed by atoms with Gasteiger partial charge in [0, 0.05) is 30.3 Å². The third kappa shape index (κ3) is 4.63. The summed E-state index contributed by atoms with van der Waals surface area (Å²) in [4.78, 5) is 7.01. The van der Waals surface area contributed by atoms with Crippen molar-refractivity contribution >= 4 is 23.7 Å². The molecule has 1 aliphatic heterocycles. The first kappa shape index (κ1) is 22.3. The number of aromatic amines is 1. The van der Waals surface area contributed by atoms with Crippen LogP contribution in [0.3, 0.4) is 0 Å². The predicted molar refractivity (Wildman–Crippen MR) is 122 cm³/mol. The van der Waals surface area contributed by atoms with Gasteiger partial charge < -0.3 is 30.6 Å². The highest BCUT2D eigenvalue weighted by Crippen LogP contribution is 2.43. The van der Waals surface area contributed by atoms with Crippen molar-refractivity contribution in [3.05, 3.63) is 29.5 Å². The second-order valence-corrected chi connectivity index (χ2v) is 8.43. The molecular weight excluding hydrogens is 408 g/mol. The lowest BCUT2D eigenvalue weighted by molar-refractivity contribution is -0.00804. The SMILES string of the molecule is C[C@@H]1COCCN1c1cc(C2(O)CCC(C#CCO)CC2)c(C=N)c(Nc2ccn[nH]2)n1. The first-order chi connectivity index (χ1) is 15.5. The fourth-order valence-electron chi connectivity index (χ4n) is 4.53. The number of hydrogen-bond donors (Lipinski definition) is 5. The number of pyridine rings is 1. The topological polar surface area (TPSA) is 130 Å². The van der Waals surface area contributed by atoms with Crippen LogP contribution < -0.4 is 10.2 Å². The minimum Gasteiger partial charge on any atom is -0.385 e. The van der Waals surface area contributed by atoms with Gasteiger partial charge in [0.2, 0.25) is 0 Å². The molecule has 170 valence electrons. The number of H-pyrrole nitrogens is 1. The average Bonchev–Trinajstić information content (AvgIpc) is 3.32. The van der Waals surface area contributed by atoms with E-state index in [0.29, 0.717) is 55.4 Å². The van der Waals surface area contributed by atoms with Crippen LogP contribution in [0.25, 0.3) is 0 Å². The molecule has 3 heterocycles. The van der Waals surface area contributed by atoms with Gasteiger partial charge in [-0.15, -0.1) is 0 Å². The van der Waals surface area contributed by atoms with Gasteiger partial charge in [-0.25, -0.2) is 4.98 Å². The van der Waals surface area contributed by atoms with Crippen molar-refractivity contribution < 1.29 is 14.9 Å². The lowest BCUT2D eigenvalue weighted by Crippen LogP contribution is -2.44. The van der Waals surface area contributed by atoms with Gasteiger partial charge >= 0.3 is 0 Å². The number of aromatic nitrogens is 3. The van der Waals surface area contributed by atoms with Gasteiger partial charge in [-0.2, -0.15) is 5.10 Å². The average molecular weight is 439 g/mol. The van der Waals surface area contributed by atoms with E-state index in [9.17, 15) is 5.11 Å². The Morgan fingerprint density at radius 2 is 2.25 bits per heavy atom. The lowest BCUT2D eigenvalue weighted by Gasteiger charge is -2.38. The van der Waals surface area contributed by atoms with Crippen LogP contribution in [0.1, 0.15) is 43.7 Å². The number of morpholine rings is 1. The maximum Gasteiger partial charge on any atom is 0.143 e. The lowest BCUT2D eigenvalue weighted by atomic mass is 9.74. The molecule has 2 fully saturated rings. The number of nitrogens with zero attached hydrogens (tertiary/aromatic N) is 3. The van der Waals surface area contributed by atoms with E-state index in [2.05, 4.69) is 39.2 Å². The fourth-order valence-corrected chi connectivity index (χ4v) is 4.53. The maximum absolute atomic E-state index is 11.7. The Morgan fingerprint density at radius 3 is 2.91 bits per heavy atom. The maximum atomic E-state index is 11.7. The molecule has 1 aliphatic carbocycles. The van der Waals surface area contributed by atoms with E-state index < -0.39 is 5.60 Å². The standard InChI is InChI=1S/C23H30N6O3/c1-16-15-32-12-10-29(16)21-13-19(23(31)7-4-17(5-8-23)3-2-11-30)18(14-24)22(27-21)26-20-6-9-25-28-20/h6,9,13-14,16-17,24,30-31H,4-5,7-8,10-12,15H2,1H3,(H2,25,26,27,28)/t16-,17?,23?/m1/s1. The summed E-state index contributed by atoms with van der Waals surface area (Å²) >= 11 is 0. The summed E-state index contributed by atoms with van der Waals surface area (Å²) in [5.74, 6) is 7.90. The minimum atomic E-state index is -1.08. The second kappa shape index (κ2) is 9.69. The van der Waals surface area contributed by atoms with E-state index in [4.69, 9.17) is 20.2 Å². The number of anilines is 3. The molecule has 2 aromatic rings.